The van der Waals surface area contributed by atoms with E-state index in [0.717, 1.165) is 31.0 Å². The number of nitrogens with zero attached hydrogens (tertiary/aromatic N) is 3. The standard InChI is InChI=1S/C19H21ClFN3O2/c1-12-22-18(23-26-12)19(11-13-2-3-13)6-8-24(9-7-19)17(25)14-4-5-16(21)15(20)10-14/h4-5,10,13H,2-3,6-9,11H2,1H3. The summed E-state index contributed by atoms with van der Waals surface area (Å²) in [6.07, 6.45) is 5.19. The molecule has 1 aliphatic carbocycles. The predicted octanol–water partition coefficient (Wildman–Crippen LogP) is 4.14. The van der Waals surface area contributed by atoms with Gasteiger partial charge in [0.25, 0.3) is 5.91 Å². The average molecular weight is 378 g/mol. The van der Waals surface area contributed by atoms with Crippen molar-refractivity contribution in [2.75, 3.05) is 13.1 Å². The fraction of sp³-hybridized carbons (Fsp3) is 0.526. The highest BCUT2D eigenvalue weighted by molar-refractivity contribution is 6.31. The van der Waals surface area contributed by atoms with Gasteiger partial charge in [0.05, 0.1) is 5.02 Å². The molecule has 5 nitrogen and oxygen atoms in total. The zero-order chi connectivity index (χ0) is 18.3. The monoisotopic (exact) mass is 377 g/mol. The van der Waals surface area contributed by atoms with Crippen molar-refractivity contribution in [2.45, 2.75) is 44.4 Å². The number of hydrogen-bond acceptors (Lipinski definition) is 4. The number of halogens is 2. The predicted molar refractivity (Wildman–Crippen MR) is 94.6 cm³/mol. The first-order valence-corrected chi connectivity index (χ1v) is 9.40. The van der Waals surface area contributed by atoms with Gasteiger partial charge in [-0.15, -0.1) is 0 Å². The summed E-state index contributed by atoms with van der Waals surface area (Å²) in [5.41, 5.74) is 0.303. The Balaban J connectivity index is 1.50. The number of carbonyl (C=O) groups is 1. The highest BCUT2D eigenvalue weighted by Gasteiger charge is 2.44. The topological polar surface area (TPSA) is 59.2 Å². The normalized spacial score (nSPS) is 19.6. The molecule has 7 heteroatoms. The molecule has 0 bridgehead atoms. The summed E-state index contributed by atoms with van der Waals surface area (Å²) in [6, 6.07) is 4.12. The number of amides is 1. The Morgan fingerprint density at radius 2 is 2.12 bits per heavy atom. The van der Waals surface area contributed by atoms with Crippen molar-refractivity contribution in [3.63, 3.8) is 0 Å². The molecule has 0 radical (unpaired) electrons. The first-order valence-electron chi connectivity index (χ1n) is 9.02. The molecule has 0 N–H and O–H groups in total. The van der Waals surface area contributed by atoms with Gasteiger partial charge in [0, 0.05) is 31.0 Å². The second-order valence-corrected chi connectivity index (χ2v) is 7.89. The van der Waals surface area contributed by atoms with E-state index in [1.165, 1.54) is 31.0 Å². The molecule has 138 valence electrons. The average Bonchev–Trinajstić information content (AvgIpc) is 3.34. The maximum atomic E-state index is 13.3. The van der Waals surface area contributed by atoms with Crippen molar-refractivity contribution in [1.29, 1.82) is 0 Å². The molecular formula is C19H21ClFN3O2. The molecule has 0 spiro atoms. The number of hydrogen-bond donors (Lipinski definition) is 0. The van der Waals surface area contributed by atoms with Crippen LogP contribution in [-0.4, -0.2) is 34.0 Å². The molecule has 2 aromatic rings. The first kappa shape index (κ1) is 17.5. The van der Waals surface area contributed by atoms with Gasteiger partial charge in [-0.3, -0.25) is 4.79 Å². The van der Waals surface area contributed by atoms with Gasteiger partial charge >= 0.3 is 0 Å². The molecule has 2 fully saturated rings. The van der Waals surface area contributed by atoms with Crippen LogP contribution in [0.25, 0.3) is 0 Å². The quantitative estimate of drug-likeness (QED) is 0.803. The second-order valence-electron chi connectivity index (χ2n) is 7.49. The fourth-order valence-electron chi connectivity index (χ4n) is 3.86. The molecule has 1 saturated carbocycles. The zero-order valence-corrected chi connectivity index (χ0v) is 15.4. The van der Waals surface area contributed by atoms with Crippen LogP contribution in [-0.2, 0) is 5.41 Å². The smallest absolute Gasteiger partial charge is 0.253 e. The molecule has 1 saturated heterocycles. The van der Waals surface area contributed by atoms with Crippen LogP contribution < -0.4 is 0 Å². The summed E-state index contributed by atoms with van der Waals surface area (Å²) in [6.45, 7) is 3.04. The highest BCUT2D eigenvalue weighted by Crippen LogP contribution is 2.46. The largest absolute Gasteiger partial charge is 0.340 e. The molecule has 0 unspecified atom stereocenters. The van der Waals surface area contributed by atoms with Crippen molar-refractivity contribution in [3.8, 4) is 0 Å². The van der Waals surface area contributed by atoms with Gasteiger partial charge in [-0.25, -0.2) is 4.39 Å². The van der Waals surface area contributed by atoms with E-state index >= 15 is 0 Å². The van der Waals surface area contributed by atoms with E-state index in [9.17, 15) is 9.18 Å². The van der Waals surface area contributed by atoms with Gasteiger partial charge in [0.2, 0.25) is 5.89 Å². The molecule has 1 aromatic heterocycles. The van der Waals surface area contributed by atoms with Crippen LogP contribution in [0.1, 0.15) is 54.2 Å². The summed E-state index contributed by atoms with van der Waals surface area (Å²) in [7, 11) is 0. The summed E-state index contributed by atoms with van der Waals surface area (Å²) < 4.78 is 18.6. The Hall–Kier alpha value is -1.95. The number of aromatic nitrogens is 2. The number of likely N-dealkylation sites (tertiary alicyclic amines) is 1. The lowest BCUT2D eigenvalue weighted by Gasteiger charge is -2.40. The van der Waals surface area contributed by atoms with E-state index in [4.69, 9.17) is 16.1 Å². The number of carbonyl (C=O) groups excluding carboxylic acids is 1. The van der Waals surface area contributed by atoms with Crippen molar-refractivity contribution in [1.82, 2.24) is 15.0 Å². The zero-order valence-electron chi connectivity index (χ0n) is 14.7. The van der Waals surface area contributed by atoms with Gasteiger partial charge in [-0.1, -0.05) is 29.6 Å². The van der Waals surface area contributed by atoms with Crippen molar-refractivity contribution in [2.24, 2.45) is 5.92 Å². The second kappa shape index (κ2) is 6.65. The van der Waals surface area contributed by atoms with Gasteiger partial charge in [-0.05, 0) is 43.4 Å². The lowest BCUT2D eigenvalue weighted by molar-refractivity contribution is 0.0645. The maximum Gasteiger partial charge on any atom is 0.253 e. The SMILES string of the molecule is Cc1nc(C2(CC3CC3)CCN(C(=O)c3ccc(F)c(Cl)c3)CC2)no1. The van der Waals surface area contributed by atoms with Crippen LogP contribution in [0, 0.1) is 18.7 Å². The van der Waals surface area contributed by atoms with E-state index in [2.05, 4.69) is 10.1 Å². The van der Waals surface area contributed by atoms with E-state index in [1.807, 2.05) is 4.90 Å². The van der Waals surface area contributed by atoms with Crippen LogP contribution in [0.3, 0.4) is 0 Å². The third-order valence-electron chi connectivity index (χ3n) is 5.55. The van der Waals surface area contributed by atoms with E-state index in [0.29, 0.717) is 24.5 Å². The molecule has 1 aliphatic heterocycles. The third kappa shape index (κ3) is 3.34. The lowest BCUT2D eigenvalue weighted by Crippen LogP contribution is -2.46. The summed E-state index contributed by atoms with van der Waals surface area (Å²) in [5, 5.41) is 4.16. The number of benzene rings is 1. The Morgan fingerprint density at radius 3 is 2.69 bits per heavy atom. The van der Waals surface area contributed by atoms with Crippen LogP contribution in [0.5, 0.6) is 0 Å². The summed E-state index contributed by atoms with van der Waals surface area (Å²) in [4.78, 5) is 19.0. The molecule has 1 aromatic carbocycles. The van der Waals surface area contributed by atoms with E-state index < -0.39 is 5.82 Å². The molecular weight excluding hydrogens is 357 g/mol. The third-order valence-corrected chi connectivity index (χ3v) is 5.84. The number of piperidine rings is 1. The molecule has 1 amide bonds. The minimum Gasteiger partial charge on any atom is -0.340 e. The Labute approximate surface area is 156 Å². The highest BCUT2D eigenvalue weighted by atomic mass is 35.5. The minimum absolute atomic E-state index is 0.0294. The van der Waals surface area contributed by atoms with Crippen molar-refractivity contribution in [3.05, 3.63) is 46.3 Å². The van der Waals surface area contributed by atoms with Crippen molar-refractivity contribution < 1.29 is 13.7 Å². The van der Waals surface area contributed by atoms with E-state index in [1.54, 1.807) is 6.92 Å². The Kier molecular flexibility index (Phi) is 4.47. The van der Waals surface area contributed by atoms with Crippen LogP contribution >= 0.6 is 11.6 Å². The molecule has 2 heterocycles. The van der Waals surface area contributed by atoms with Gasteiger partial charge in [0.1, 0.15) is 5.82 Å². The van der Waals surface area contributed by atoms with Gasteiger partial charge in [-0.2, -0.15) is 4.98 Å². The molecule has 0 atom stereocenters. The van der Waals surface area contributed by atoms with Crippen LogP contribution in [0.15, 0.2) is 22.7 Å². The molecule has 26 heavy (non-hydrogen) atoms. The molecule has 4 rings (SSSR count). The lowest BCUT2D eigenvalue weighted by atomic mass is 9.73. The first-order chi connectivity index (χ1) is 12.5. The fourth-order valence-corrected chi connectivity index (χ4v) is 4.04. The molecule has 2 aliphatic rings. The van der Waals surface area contributed by atoms with Gasteiger partial charge < -0.3 is 9.42 Å². The Morgan fingerprint density at radius 1 is 1.38 bits per heavy atom. The van der Waals surface area contributed by atoms with Crippen LogP contribution in [0.2, 0.25) is 5.02 Å². The summed E-state index contributed by atoms with van der Waals surface area (Å²) >= 11 is 5.82. The maximum absolute atomic E-state index is 13.3. The Bertz CT molecular complexity index is 826. The van der Waals surface area contributed by atoms with E-state index in [-0.39, 0.29) is 16.3 Å². The van der Waals surface area contributed by atoms with Crippen LogP contribution in [0.4, 0.5) is 4.39 Å². The minimum atomic E-state index is -0.516. The van der Waals surface area contributed by atoms with Crippen molar-refractivity contribution >= 4 is 17.5 Å². The van der Waals surface area contributed by atoms with Gasteiger partial charge in [0.15, 0.2) is 5.82 Å². The summed E-state index contributed by atoms with van der Waals surface area (Å²) in [5.74, 6) is 1.45. The number of aryl methyl sites for hydroxylation is 1. The number of rotatable bonds is 4.